The van der Waals surface area contributed by atoms with Gasteiger partial charge in [-0.3, -0.25) is 14.5 Å². The second-order valence-corrected chi connectivity index (χ2v) is 8.50. The van der Waals surface area contributed by atoms with Crippen molar-refractivity contribution in [2.45, 2.75) is 6.04 Å². The van der Waals surface area contributed by atoms with Gasteiger partial charge >= 0.3 is 0 Å². The van der Waals surface area contributed by atoms with Gasteiger partial charge in [-0.1, -0.05) is 11.6 Å². The molecule has 8 nitrogen and oxygen atoms in total. The Balaban J connectivity index is 1.79. The minimum atomic E-state index is -0.822. The van der Waals surface area contributed by atoms with E-state index in [2.05, 4.69) is 4.90 Å². The molecule has 2 saturated heterocycles. The zero-order chi connectivity index (χ0) is 24.2. The molecule has 2 aromatic rings. The van der Waals surface area contributed by atoms with Crippen LogP contribution in [0.4, 0.5) is 0 Å². The molecule has 0 unspecified atom stereocenters. The Kier molecular flexibility index (Phi) is 7.41. The number of Topliss-reactive ketones (excluding diaryl/α,β-unsaturated/α-hetero) is 1. The average molecular weight is 487 g/mol. The van der Waals surface area contributed by atoms with Crippen LogP contribution in [0.5, 0.6) is 11.5 Å². The molecule has 2 aromatic carbocycles. The number of carbonyl (C=O) groups excluding carboxylic acids is 2. The van der Waals surface area contributed by atoms with Gasteiger partial charge in [-0.15, -0.1) is 0 Å². The quantitative estimate of drug-likeness (QED) is 0.365. The van der Waals surface area contributed by atoms with Crippen LogP contribution in [0.25, 0.3) is 5.76 Å². The van der Waals surface area contributed by atoms with Crippen LogP contribution in [0, 0.1) is 0 Å². The van der Waals surface area contributed by atoms with Crippen LogP contribution in [0.1, 0.15) is 17.2 Å². The Labute approximate surface area is 203 Å². The maximum Gasteiger partial charge on any atom is 0.295 e. The molecule has 0 aromatic heterocycles. The third kappa shape index (κ3) is 4.75. The van der Waals surface area contributed by atoms with E-state index in [0.29, 0.717) is 54.0 Å². The molecule has 2 aliphatic heterocycles. The molecule has 0 bridgehead atoms. The van der Waals surface area contributed by atoms with E-state index in [4.69, 9.17) is 25.8 Å². The zero-order valence-electron chi connectivity index (χ0n) is 19.1. The molecule has 180 valence electrons. The van der Waals surface area contributed by atoms with Crippen LogP contribution in [-0.2, 0) is 14.3 Å². The highest BCUT2D eigenvalue weighted by molar-refractivity contribution is 6.46. The minimum absolute atomic E-state index is 0.0118. The molecular weight excluding hydrogens is 460 g/mol. The lowest BCUT2D eigenvalue weighted by Gasteiger charge is -2.31. The highest BCUT2D eigenvalue weighted by atomic mass is 35.5. The molecule has 0 saturated carbocycles. The van der Waals surface area contributed by atoms with Crippen LogP contribution in [-0.4, -0.2) is 80.2 Å². The Morgan fingerprint density at radius 1 is 1.06 bits per heavy atom. The SMILES string of the molecule is COc1ccc([C@@H]2/C(=C(/O)c3ccc(Cl)cc3)C(=O)C(=O)N2CCN2CCOCC2)c(OC)c1. The van der Waals surface area contributed by atoms with E-state index in [1.165, 1.54) is 12.0 Å². The first-order chi connectivity index (χ1) is 16.4. The molecule has 1 N–H and O–H groups in total. The number of amides is 1. The van der Waals surface area contributed by atoms with Crippen molar-refractivity contribution in [3.63, 3.8) is 0 Å². The van der Waals surface area contributed by atoms with Gasteiger partial charge < -0.3 is 24.2 Å². The van der Waals surface area contributed by atoms with E-state index in [0.717, 1.165) is 13.1 Å². The van der Waals surface area contributed by atoms with Gasteiger partial charge in [0.2, 0.25) is 0 Å². The fourth-order valence-electron chi connectivity index (χ4n) is 4.32. The molecule has 2 heterocycles. The van der Waals surface area contributed by atoms with E-state index in [-0.39, 0.29) is 11.3 Å². The van der Waals surface area contributed by atoms with Crippen LogP contribution < -0.4 is 9.47 Å². The monoisotopic (exact) mass is 486 g/mol. The van der Waals surface area contributed by atoms with Crippen molar-refractivity contribution in [1.29, 1.82) is 0 Å². The van der Waals surface area contributed by atoms with Crippen LogP contribution in [0.15, 0.2) is 48.0 Å². The summed E-state index contributed by atoms with van der Waals surface area (Å²) in [6, 6.07) is 10.8. The van der Waals surface area contributed by atoms with Crippen molar-refractivity contribution >= 4 is 29.1 Å². The van der Waals surface area contributed by atoms with Gasteiger partial charge in [0, 0.05) is 48.4 Å². The lowest BCUT2D eigenvalue weighted by atomic mass is 9.94. The summed E-state index contributed by atoms with van der Waals surface area (Å²) in [7, 11) is 3.06. The first-order valence-corrected chi connectivity index (χ1v) is 11.4. The highest BCUT2D eigenvalue weighted by Gasteiger charge is 2.47. The van der Waals surface area contributed by atoms with Crippen molar-refractivity contribution in [3.8, 4) is 11.5 Å². The summed E-state index contributed by atoms with van der Waals surface area (Å²) in [5, 5.41) is 11.7. The summed E-state index contributed by atoms with van der Waals surface area (Å²) < 4.78 is 16.3. The number of ether oxygens (including phenoxy) is 3. The second kappa shape index (κ2) is 10.5. The molecule has 2 aliphatic rings. The molecule has 0 aliphatic carbocycles. The lowest BCUT2D eigenvalue weighted by Crippen LogP contribution is -2.42. The first-order valence-electron chi connectivity index (χ1n) is 11.0. The number of morpholine rings is 1. The number of hydrogen-bond donors (Lipinski definition) is 1. The van der Waals surface area contributed by atoms with E-state index in [1.54, 1.807) is 49.6 Å². The standard InChI is InChI=1S/C25H27ClN2O6/c1-32-18-7-8-19(20(15-18)33-2)22-21(23(29)16-3-5-17(26)6-4-16)24(30)25(31)28(22)10-9-27-11-13-34-14-12-27/h3-8,15,22,29H,9-14H2,1-2H3/b23-21-/t22-/m1/s1. The number of likely N-dealkylation sites (tertiary alicyclic amines) is 1. The fourth-order valence-corrected chi connectivity index (χ4v) is 4.44. The van der Waals surface area contributed by atoms with Crippen LogP contribution in [0.3, 0.4) is 0 Å². The number of nitrogens with zero attached hydrogens (tertiary/aromatic N) is 2. The summed E-state index contributed by atoms with van der Waals surface area (Å²) in [5.74, 6) is -0.635. The lowest BCUT2D eigenvalue weighted by molar-refractivity contribution is -0.140. The summed E-state index contributed by atoms with van der Waals surface area (Å²) in [6.07, 6.45) is 0. The molecule has 1 amide bonds. The molecule has 0 radical (unpaired) electrons. The van der Waals surface area contributed by atoms with E-state index < -0.39 is 17.7 Å². The predicted molar refractivity (Wildman–Crippen MR) is 127 cm³/mol. The molecule has 2 fully saturated rings. The van der Waals surface area contributed by atoms with Gasteiger partial charge in [0.25, 0.3) is 11.7 Å². The molecule has 9 heteroatoms. The number of aliphatic hydroxyl groups excluding tert-OH is 1. The molecule has 0 spiro atoms. The summed E-state index contributed by atoms with van der Waals surface area (Å²) in [6.45, 7) is 3.65. The number of hydrogen-bond acceptors (Lipinski definition) is 7. The van der Waals surface area contributed by atoms with E-state index >= 15 is 0 Å². The maximum atomic E-state index is 13.2. The molecule has 4 rings (SSSR count). The molecular formula is C25H27ClN2O6. The Hall–Kier alpha value is -3.07. The largest absolute Gasteiger partial charge is 0.507 e. The van der Waals surface area contributed by atoms with Gasteiger partial charge in [0.15, 0.2) is 0 Å². The smallest absolute Gasteiger partial charge is 0.295 e. The van der Waals surface area contributed by atoms with Crippen molar-refractivity contribution in [2.75, 3.05) is 53.6 Å². The van der Waals surface area contributed by atoms with E-state index in [1.807, 2.05) is 0 Å². The van der Waals surface area contributed by atoms with Crippen LogP contribution >= 0.6 is 11.6 Å². The summed E-state index contributed by atoms with van der Waals surface area (Å²) >= 11 is 5.99. The first kappa shape index (κ1) is 24.1. The van der Waals surface area contributed by atoms with Gasteiger partial charge in [-0.2, -0.15) is 0 Å². The number of ketones is 1. The number of carbonyl (C=O) groups is 2. The Morgan fingerprint density at radius 2 is 1.76 bits per heavy atom. The number of aliphatic hydroxyl groups is 1. The zero-order valence-corrected chi connectivity index (χ0v) is 19.9. The average Bonchev–Trinajstić information content (AvgIpc) is 3.12. The number of methoxy groups -OCH3 is 2. The van der Waals surface area contributed by atoms with Gasteiger partial charge in [-0.05, 0) is 36.4 Å². The third-order valence-corrected chi connectivity index (χ3v) is 6.41. The summed E-state index contributed by atoms with van der Waals surface area (Å²) in [5.41, 5.74) is 0.991. The number of benzene rings is 2. The van der Waals surface area contributed by atoms with Crippen LogP contribution in [0.2, 0.25) is 5.02 Å². The summed E-state index contributed by atoms with van der Waals surface area (Å²) in [4.78, 5) is 30.1. The topological polar surface area (TPSA) is 88.5 Å². The number of rotatable bonds is 7. The second-order valence-electron chi connectivity index (χ2n) is 8.06. The fraction of sp³-hybridized carbons (Fsp3) is 0.360. The Bertz CT molecular complexity index is 1100. The number of halogens is 1. The third-order valence-electron chi connectivity index (χ3n) is 6.15. The molecule has 34 heavy (non-hydrogen) atoms. The maximum absolute atomic E-state index is 13.2. The van der Waals surface area contributed by atoms with E-state index in [9.17, 15) is 14.7 Å². The van der Waals surface area contributed by atoms with Crippen molar-refractivity contribution in [3.05, 3.63) is 64.2 Å². The van der Waals surface area contributed by atoms with Gasteiger partial charge in [-0.25, -0.2) is 0 Å². The minimum Gasteiger partial charge on any atom is -0.507 e. The van der Waals surface area contributed by atoms with Crippen molar-refractivity contribution in [2.24, 2.45) is 0 Å². The van der Waals surface area contributed by atoms with Gasteiger partial charge in [0.1, 0.15) is 17.3 Å². The van der Waals surface area contributed by atoms with Crippen molar-refractivity contribution < 1.29 is 28.9 Å². The predicted octanol–water partition coefficient (Wildman–Crippen LogP) is 3.11. The highest BCUT2D eigenvalue weighted by Crippen LogP contribution is 2.43. The van der Waals surface area contributed by atoms with Gasteiger partial charge in [0.05, 0.1) is 39.0 Å². The normalized spacial score (nSPS) is 20.6. The van der Waals surface area contributed by atoms with Crippen molar-refractivity contribution in [1.82, 2.24) is 9.80 Å². The Morgan fingerprint density at radius 3 is 2.41 bits per heavy atom. The molecule has 1 atom stereocenters.